The number of rotatable bonds is 10. The van der Waals surface area contributed by atoms with Gasteiger partial charge in [-0.15, -0.1) is 0 Å². The van der Waals surface area contributed by atoms with Gasteiger partial charge in [0.2, 0.25) is 5.91 Å². The summed E-state index contributed by atoms with van der Waals surface area (Å²) in [5.74, 6) is -0.723. The van der Waals surface area contributed by atoms with Crippen molar-refractivity contribution in [2.75, 3.05) is 30.8 Å². The lowest BCUT2D eigenvalue weighted by Gasteiger charge is -2.15. The maximum atomic E-state index is 13.1. The van der Waals surface area contributed by atoms with E-state index in [0.29, 0.717) is 41.2 Å². The molecule has 4 rings (SSSR count). The van der Waals surface area contributed by atoms with Crippen LogP contribution in [0.2, 0.25) is 0 Å². The third-order valence-electron chi connectivity index (χ3n) is 5.95. The summed E-state index contributed by atoms with van der Waals surface area (Å²) in [5, 5.41) is 12.5. The van der Waals surface area contributed by atoms with Crippen LogP contribution in [0.25, 0.3) is 11.3 Å². The first-order valence-electron chi connectivity index (χ1n) is 12.1. The van der Waals surface area contributed by atoms with Crippen molar-refractivity contribution in [3.05, 3.63) is 95.1 Å². The molecule has 0 aliphatic carbocycles. The Morgan fingerprint density at radius 2 is 1.68 bits per heavy atom. The monoisotopic (exact) mass is 498 g/mol. The average molecular weight is 499 g/mol. The van der Waals surface area contributed by atoms with Crippen molar-refractivity contribution in [2.24, 2.45) is 0 Å². The average Bonchev–Trinajstić information content (AvgIpc) is 3.24. The van der Waals surface area contributed by atoms with Crippen LogP contribution in [-0.4, -0.2) is 38.0 Å². The maximum Gasteiger partial charge on any atom is 0.337 e. The van der Waals surface area contributed by atoms with E-state index in [1.165, 1.54) is 14.0 Å². The van der Waals surface area contributed by atoms with Crippen LogP contribution in [0.3, 0.4) is 0 Å². The van der Waals surface area contributed by atoms with Crippen molar-refractivity contribution in [3.8, 4) is 0 Å². The zero-order chi connectivity index (χ0) is 26.2. The molecule has 0 radical (unpaired) electrons. The molecular formula is C29H30N4O4. The Hall–Kier alpha value is -4.43. The highest BCUT2D eigenvalue weighted by Crippen LogP contribution is 2.38. The third-order valence-corrected chi connectivity index (χ3v) is 5.95. The molecule has 0 spiro atoms. The van der Waals surface area contributed by atoms with E-state index in [0.717, 1.165) is 29.8 Å². The minimum absolute atomic E-state index is 0.0163. The van der Waals surface area contributed by atoms with Gasteiger partial charge in [-0.1, -0.05) is 48.5 Å². The number of nitrogens with one attached hydrogen (secondary N) is 4. The summed E-state index contributed by atoms with van der Waals surface area (Å²) in [4.78, 5) is 36.0. The molecule has 0 aromatic heterocycles. The Labute approximate surface area is 216 Å². The summed E-state index contributed by atoms with van der Waals surface area (Å²) in [5.41, 5.74) is 5.65. The predicted octanol–water partition coefficient (Wildman–Crippen LogP) is 4.02. The smallest absolute Gasteiger partial charge is 0.337 e. The summed E-state index contributed by atoms with van der Waals surface area (Å²) in [6.07, 6.45) is 0.859. The van der Waals surface area contributed by atoms with E-state index in [2.05, 4.69) is 21.3 Å². The van der Waals surface area contributed by atoms with E-state index in [1.807, 2.05) is 54.6 Å². The largest absolute Gasteiger partial charge is 0.465 e. The van der Waals surface area contributed by atoms with Gasteiger partial charge in [0.25, 0.3) is 5.91 Å². The zero-order valence-electron chi connectivity index (χ0n) is 20.9. The number of amides is 2. The van der Waals surface area contributed by atoms with Crippen LogP contribution in [0.4, 0.5) is 11.4 Å². The van der Waals surface area contributed by atoms with Gasteiger partial charge in [0.1, 0.15) is 0 Å². The molecule has 1 aliphatic rings. The van der Waals surface area contributed by atoms with Crippen LogP contribution in [0.5, 0.6) is 0 Å². The van der Waals surface area contributed by atoms with Gasteiger partial charge in [0.15, 0.2) is 0 Å². The molecule has 0 bridgehead atoms. The van der Waals surface area contributed by atoms with Crippen molar-refractivity contribution in [1.82, 2.24) is 10.6 Å². The van der Waals surface area contributed by atoms with Gasteiger partial charge in [-0.25, -0.2) is 4.79 Å². The zero-order valence-corrected chi connectivity index (χ0v) is 20.9. The second-order valence-electron chi connectivity index (χ2n) is 8.66. The van der Waals surface area contributed by atoms with Gasteiger partial charge < -0.3 is 26.0 Å². The van der Waals surface area contributed by atoms with E-state index < -0.39 is 5.97 Å². The molecule has 3 aromatic carbocycles. The van der Waals surface area contributed by atoms with Crippen molar-refractivity contribution in [2.45, 2.75) is 19.9 Å². The number of methoxy groups -OCH3 is 1. The Kier molecular flexibility index (Phi) is 8.33. The second-order valence-corrected chi connectivity index (χ2v) is 8.66. The molecular weight excluding hydrogens is 468 g/mol. The van der Waals surface area contributed by atoms with Crippen LogP contribution < -0.4 is 21.3 Å². The fourth-order valence-corrected chi connectivity index (χ4v) is 4.11. The van der Waals surface area contributed by atoms with Crippen LogP contribution >= 0.6 is 0 Å². The number of anilines is 2. The van der Waals surface area contributed by atoms with E-state index in [1.54, 1.807) is 18.2 Å². The summed E-state index contributed by atoms with van der Waals surface area (Å²) < 4.78 is 4.81. The van der Waals surface area contributed by atoms with Crippen LogP contribution in [0.1, 0.15) is 40.4 Å². The Bertz CT molecular complexity index is 1320. The van der Waals surface area contributed by atoms with Gasteiger partial charge in [-0.3, -0.25) is 9.59 Å². The lowest BCUT2D eigenvalue weighted by Crippen LogP contribution is -2.24. The SMILES string of the molecule is COC(=O)c1ccc2c(c1)NC(=O)/C2=C(\Nc1ccc(CNCCCNC(C)=O)cc1)c1ccccc1. The number of fused-ring (bicyclic) bond motifs is 1. The molecule has 0 saturated heterocycles. The molecule has 0 saturated carbocycles. The lowest BCUT2D eigenvalue weighted by atomic mass is 9.99. The first-order valence-corrected chi connectivity index (χ1v) is 12.1. The third kappa shape index (κ3) is 6.42. The Morgan fingerprint density at radius 3 is 2.38 bits per heavy atom. The second kappa shape index (κ2) is 12.0. The molecule has 0 fully saturated rings. The van der Waals surface area contributed by atoms with Crippen molar-refractivity contribution in [3.63, 3.8) is 0 Å². The molecule has 8 heteroatoms. The highest BCUT2D eigenvalue weighted by molar-refractivity contribution is 6.37. The number of carbonyl (C=O) groups is 3. The molecule has 0 atom stereocenters. The van der Waals surface area contributed by atoms with E-state index in [4.69, 9.17) is 4.74 Å². The number of hydrogen-bond acceptors (Lipinski definition) is 6. The summed E-state index contributed by atoms with van der Waals surface area (Å²) in [7, 11) is 1.33. The molecule has 3 aromatic rings. The molecule has 4 N–H and O–H groups in total. The van der Waals surface area contributed by atoms with Crippen molar-refractivity contribution < 1.29 is 19.1 Å². The standard InChI is InChI=1S/C29H30N4O4/c1-19(34)31-16-6-15-30-18-20-9-12-23(13-10-20)32-27(21-7-4-3-5-8-21)26-24-14-11-22(29(36)37-2)17-25(24)33-28(26)35/h3-5,7-14,17,30,32H,6,15-16,18H2,1-2H3,(H,31,34)(H,33,35)/b27-26-. The normalized spacial score (nSPS) is 13.4. The Morgan fingerprint density at radius 1 is 0.919 bits per heavy atom. The molecule has 2 amide bonds. The fraction of sp³-hybridized carbons (Fsp3) is 0.207. The van der Waals surface area contributed by atoms with Crippen molar-refractivity contribution >= 4 is 40.4 Å². The van der Waals surface area contributed by atoms with Gasteiger partial charge >= 0.3 is 5.97 Å². The summed E-state index contributed by atoms with van der Waals surface area (Å²) >= 11 is 0. The molecule has 8 nitrogen and oxygen atoms in total. The van der Waals surface area contributed by atoms with E-state index >= 15 is 0 Å². The van der Waals surface area contributed by atoms with Crippen LogP contribution in [-0.2, 0) is 20.9 Å². The quantitative estimate of drug-likeness (QED) is 0.191. The highest BCUT2D eigenvalue weighted by atomic mass is 16.5. The predicted molar refractivity (Wildman–Crippen MR) is 145 cm³/mol. The van der Waals surface area contributed by atoms with E-state index in [9.17, 15) is 14.4 Å². The number of esters is 1. The lowest BCUT2D eigenvalue weighted by molar-refractivity contribution is -0.119. The van der Waals surface area contributed by atoms with Gasteiger partial charge in [-0.05, 0) is 48.4 Å². The van der Waals surface area contributed by atoms with Gasteiger partial charge in [0, 0.05) is 31.3 Å². The van der Waals surface area contributed by atoms with E-state index in [-0.39, 0.29) is 11.8 Å². The molecule has 37 heavy (non-hydrogen) atoms. The molecule has 1 heterocycles. The first kappa shape index (κ1) is 25.7. The van der Waals surface area contributed by atoms with Crippen LogP contribution in [0.15, 0.2) is 72.8 Å². The molecule has 0 unspecified atom stereocenters. The summed E-state index contributed by atoms with van der Waals surface area (Å²) in [6.45, 7) is 3.69. The fourth-order valence-electron chi connectivity index (χ4n) is 4.11. The molecule has 190 valence electrons. The first-order chi connectivity index (χ1) is 18.0. The number of hydrogen-bond donors (Lipinski definition) is 4. The minimum atomic E-state index is -0.460. The number of carbonyl (C=O) groups excluding carboxylic acids is 3. The maximum absolute atomic E-state index is 13.1. The summed E-state index contributed by atoms with van der Waals surface area (Å²) in [6, 6.07) is 22.7. The van der Waals surface area contributed by atoms with Crippen molar-refractivity contribution in [1.29, 1.82) is 0 Å². The van der Waals surface area contributed by atoms with Gasteiger partial charge in [-0.2, -0.15) is 0 Å². The number of benzene rings is 3. The Balaban J connectivity index is 1.55. The molecule has 1 aliphatic heterocycles. The topological polar surface area (TPSA) is 109 Å². The minimum Gasteiger partial charge on any atom is -0.465 e. The van der Waals surface area contributed by atoms with Crippen LogP contribution in [0, 0.1) is 0 Å². The highest BCUT2D eigenvalue weighted by Gasteiger charge is 2.29. The van der Waals surface area contributed by atoms with Gasteiger partial charge in [0.05, 0.1) is 29.6 Å². The number of ether oxygens (including phenoxy) is 1.